The molecule has 1 N–H and O–H groups in total. The molecule has 0 saturated heterocycles. The number of rotatable bonds is 8. The Morgan fingerprint density at radius 1 is 1.21 bits per heavy atom. The average molecular weight is 372 g/mol. The maximum atomic E-state index is 13.4. The zero-order valence-electron chi connectivity index (χ0n) is 12.5. The Morgan fingerprint density at radius 3 is 2.75 bits per heavy atom. The first kappa shape index (κ1) is 18.7. The summed E-state index contributed by atoms with van der Waals surface area (Å²) in [5, 5.41) is 2.67. The number of hydrogen-bond donors (Lipinski definition) is 1. The number of nitrogens with one attached hydrogen (secondary N) is 1. The lowest BCUT2D eigenvalue weighted by Crippen LogP contribution is -2.26. The Bertz CT molecular complexity index is 686. The molecule has 0 aliphatic carbocycles. The zero-order chi connectivity index (χ0) is 17.4. The highest BCUT2D eigenvalue weighted by molar-refractivity contribution is 7.99. The lowest BCUT2D eigenvalue weighted by Gasteiger charge is -2.08. The summed E-state index contributed by atoms with van der Waals surface area (Å²) in [6.07, 6.45) is 1.37. The molecule has 1 aromatic carbocycles. The van der Waals surface area contributed by atoms with Crippen molar-refractivity contribution in [2.45, 2.75) is 16.5 Å². The molecule has 1 amide bonds. The molecule has 3 nitrogen and oxygen atoms in total. The maximum absolute atomic E-state index is 13.4. The Kier molecular flexibility index (Phi) is 7.45. The topological polar surface area (TPSA) is 42.0 Å². The average Bonchev–Trinajstić information content (AvgIpc) is 2.56. The number of carbonyl (C=O) groups excluding carboxylic acids is 1. The van der Waals surface area contributed by atoms with E-state index >= 15 is 0 Å². The third kappa shape index (κ3) is 5.76. The summed E-state index contributed by atoms with van der Waals surface area (Å²) in [5.74, 6) is -2.25. The van der Waals surface area contributed by atoms with E-state index in [0.29, 0.717) is 23.6 Å². The van der Waals surface area contributed by atoms with E-state index in [0.717, 1.165) is 0 Å². The van der Waals surface area contributed by atoms with Gasteiger partial charge in [-0.25, -0.2) is 9.37 Å². The number of thioether (sulfide) groups is 2. The molecule has 1 aromatic heterocycles. The monoisotopic (exact) mass is 372 g/mol. The van der Waals surface area contributed by atoms with Crippen LogP contribution in [-0.4, -0.2) is 28.9 Å². The third-order valence-corrected chi connectivity index (χ3v) is 4.70. The van der Waals surface area contributed by atoms with Gasteiger partial charge in [0.05, 0.1) is 5.56 Å². The van der Waals surface area contributed by atoms with Crippen molar-refractivity contribution in [3.8, 4) is 0 Å². The first-order valence-corrected chi connectivity index (χ1v) is 9.10. The standard InChI is InChI=1S/C16H15F3N2OS2/c17-13-6-2-1-4-11(13)10-23-9-8-20-14(22)12-5-3-7-21-15(12)24-16(18)19/h1-7,16H,8-10H2,(H,20,22). The molecule has 128 valence electrons. The first-order valence-electron chi connectivity index (χ1n) is 7.07. The van der Waals surface area contributed by atoms with Crippen molar-refractivity contribution < 1.29 is 18.0 Å². The molecule has 1 heterocycles. The Hall–Kier alpha value is -1.67. The van der Waals surface area contributed by atoms with Crippen LogP contribution >= 0.6 is 23.5 Å². The van der Waals surface area contributed by atoms with E-state index in [1.54, 1.807) is 18.2 Å². The molecule has 2 aromatic rings. The second-order valence-corrected chi connectivity index (χ2v) is 6.72. The molecule has 8 heteroatoms. The molecule has 2 rings (SSSR count). The number of aromatic nitrogens is 1. The molecular weight excluding hydrogens is 357 g/mol. The SMILES string of the molecule is O=C(NCCSCc1ccccc1F)c1cccnc1SC(F)F. The Labute approximate surface area is 146 Å². The molecule has 0 aliphatic heterocycles. The molecule has 0 bridgehead atoms. The number of amides is 1. The minimum atomic E-state index is -2.64. The van der Waals surface area contributed by atoms with E-state index in [4.69, 9.17) is 0 Å². The normalized spacial score (nSPS) is 10.8. The zero-order valence-corrected chi connectivity index (χ0v) is 14.2. The van der Waals surface area contributed by atoms with Gasteiger partial charge in [0.15, 0.2) is 0 Å². The van der Waals surface area contributed by atoms with Crippen LogP contribution in [0.3, 0.4) is 0 Å². The number of benzene rings is 1. The summed E-state index contributed by atoms with van der Waals surface area (Å²) >= 11 is 1.72. The van der Waals surface area contributed by atoms with Gasteiger partial charge in [0.1, 0.15) is 10.8 Å². The van der Waals surface area contributed by atoms with Crippen LogP contribution in [0.4, 0.5) is 13.2 Å². The molecular formula is C16H15F3N2OS2. The van der Waals surface area contributed by atoms with Crippen LogP contribution in [0, 0.1) is 5.82 Å². The number of nitrogens with zero attached hydrogens (tertiary/aromatic N) is 1. The predicted molar refractivity (Wildman–Crippen MR) is 91.0 cm³/mol. The van der Waals surface area contributed by atoms with Crippen molar-refractivity contribution in [3.63, 3.8) is 0 Å². The summed E-state index contributed by atoms with van der Waals surface area (Å²) in [4.78, 5) is 15.9. The van der Waals surface area contributed by atoms with Gasteiger partial charge in [-0.3, -0.25) is 4.79 Å². The third-order valence-electron chi connectivity index (χ3n) is 2.96. The quantitative estimate of drug-likeness (QED) is 0.557. The second kappa shape index (κ2) is 9.58. The van der Waals surface area contributed by atoms with Gasteiger partial charge in [-0.2, -0.15) is 20.5 Å². The largest absolute Gasteiger partial charge is 0.351 e. The van der Waals surface area contributed by atoms with E-state index in [-0.39, 0.29) is 28.2 Å². The van der Waals surface area contributed by atoms with Gasteiger partial charge in [0, 0.05) is 24.2 Å². The van der Waals surface area contributed by atoms with Gasteiger partial charge >= 0.3 is 0 Å². The number of hydrogen-bond acceptors (Lipinski definition) is 4. The van der Waals surface area contributed by atoms with Crippen molar-refractivity contribution >= 4 is 29.4 Å². The highest BCUT2D eigenvalue weighted by Crippen LogP contribution is 2.26. The van der Waals surface area contributed by atoms with Crippen LogP contribution in [0.2, 0.25) is 0 Å². The van der Waals surface area contributed by atoms with Gasteiger partial charge in [0.25, 0.3) is 11.7 Å². The van der Waals surface area contributed by atoms with Crippen LogP contribution in [-0.2, 0) is 5.75 Å². The maximum Gasteiger partial charge on any atom is 0.290 e. The van der Waals surface area contributed by atoms with Crippen LogP contribution < -0.4 is 5.32 Å². The molecule has 0 saturated carbocycles. The van der Waals surface area contributed by atoms with Crippen molar-refractivity contribution in [1.82, 2.24) is 10.3 Å². The van der Waals surface area contributed by atoms with Gasteiger partial charge in [-0.1, -0.05) is 18.2 Å². The minimum absolute atomic E-state index is 0.00371. The summed E-state index contributed by atoms with van der Waals surface area (Å²) in [6, 6.07) is 9.50. The number of pyridine rings is 1. The summed E-state index contributed by atoms with van der Waals surface area (Å²) < 4.78 is 38.4. The van der Waals surface area contributed by atoms with Crippen LogP contribution in [0.25, 0.3) is 0 Å². The molecule has 0 spiro atoms. The Balaban J connectivity index is 1.78. The molecule has 24 heavy (non-hydrogen) atoms. The lowest BCUT2D eigenvalue weighted by atomic mass is 10.2. The lowest BCUT2D eigenvalue weighted by molar-refractivity contribution is 0.0952. The molecule has 0 atom stereocenters. The fourth-order valence-corrected chi connectivity index (χ4v) is 3.29. The van der Waals surface area contributed by atoms with E-state index in [1.165, 1.54) is 36.2 Å². The summed E-state index contributed by atoms with van der Waals surface area (Å²) in [5.41, 5.74) is 0.735. The van der Waals surface area contributed by atoms with E-state index < -0.39 is 11.7 Å². The van der Waals surface area contributed by atoms with Crippen LogP contribution in [0.1, 0.15) is 15.9 Å². The van der Waals surface area contributed by atoms with Crippen molar-refractivity contribution in [3.05, 3.63) is 59.5 Å². The summed E-state index contributed by atoms with van der Waals surface area (Å²) in [7, 11) is 0. The van der Waals surface area contributed by atoms with E-state index in [2.05, 4.69) is 10.3 Å². The van der Waals surface area contributed by atoms with E-state index in [9.17, 15) is 18.0 Å². The number of carbonyl (C=O) groups is 1. The van der Waals surface area contributed by atoms with Crippen molar-refractivity contribution in [1.29, 1.82) is 0 Å². The molecule has 0 radical (unpaired) electrons. The van der Waals surface area contributed by atoms with E-state index in [1.807, 2.05) is 0 Å². The molecule has 0 unspecified atom stereocenters. The van der Waals surface area contributed by atoms with Gasteiger partial charge in [-0.15, -0.1) is 0 Å². The number of alkyl halides is 2. The second-order valence-electron chi connectivity index (χ2n) is 4.63. The summed E-state index contributed by atoms with van der Waals surface area (Å²) in [6.45, 7) is 0.353. The fourth-order valence-electron chi connectivity index (χ4n) is 1.87. The predicted octanol–water partition coefficient (Wildman–Crippen LogP) is 4.20. The Morgan fingerprint density at radius 2 is 2.00 bits per heavy atom. The molecule has 0 aliphatic rings. The van der Waals surface area contributed by atoms with Gasteiger partial charge in [-0.05, 0) is 35.5 Å². The first-order chi connectivity index (χ1) is 11.6. The van der Waals surface area contributed by atoms with Gasteiger partial charge in [0.2, 0.25) is 0 Å². The number of halogens is 3. The van der Waals surface area contributed by atoms with Crippen molar-refractivity contribution in [2.24, 2.45) is 0 Å². The van der Waals surface area contributed by atoms with Crippen molar-refractivity contribution in [2.75, 3.05) is 12.3 Å². The van der Waals surface area contributed by atoms with Crippen LogP contribution in [0.15, 0.2) is 47.6 Å². The molecule has 0 fully saturated rings. The minimum Gasteiger partial charge on any atom is -0.351 e. The highest BCUT2D eigenvalue weighted by atomic mass is 32.2. The van der Waals surface area contributed by atoms with Crippen LogP contribution in [0.5, 0.6) is 0 Å². The van der Waals surface area contributed by atoms with Gasteiger partial charge < -0.3 is 5.32 Å². The smallest absolute Gasteiger partial charge is 0.290 e. The highest BCUT2D eigenvalue weighted by Gasteiger charge is 2.16. The fraction of sp³-hybridized carbons (Fsp3) is 0.250.